The van der Waals surface area contributed by atoms with Crippen LogP contribution in [0.3, 0.4) is 0 Å². The zero-order valence-corrected chi connectivity index (χ0v) is 10.3. The minimum Gasteiger partial charge on any atom is -0.506 e. The van der Waals surface area contributed by atoms with Crippen LogP contribution in [-0.2, 0) is 6.54 Å². The highest BCUT2D eigenvalue weighted by Crippen LogP contribution is 2.16. The van der Waals surface area contributed by atoms with Crippen LogP contribution in [0, 0.1) is 0 Å². The van der Waals surface area contributed by atoms with Crippen LogP contribution in [0.25, 0.3) is 0 Å². The number of aromatic hydroxyl groups is 1. The third kappa shape index (κ3) is 3.27. The van der Waals surface area contributed by atoms with E-state index in [4.69, 9.17) is 0 Å². The molecule has 2 heterocycles. The Balaban J connectivity index is 2.07. The predicted molar refractivity (Wildman–Crippen MR) is 68.5 cm³/mol. The summed E-state index contributed by atoms with van der Waals surface area (Å²) < 4.78 is 0. The molecular formula is C13H19N3O. The van der Waals surface area contributed by atoms with Gasteiger partial charge in [-0.3, -0.25) is 9.89 Å². The van der Waals surface area contributed by atoms with Crippen molar-refractivity contribution in [3.8, 4) is 5.75 Å². The third-order valence-corrected chi connectivity index (χ3v) is 3.05. The molecule has 0 spiro atoms. The summed E-state index contributed by atoms with van der Waals surface area (Å²) in [5.41, 5.74) is 1.56. The molecule has 1 aliphatic rings. The van der Waals surface area contributed by atoms with Crippen molar-refractivity contribution in [1.29, 1.82) is 0 Å². The smallest absolute Gasteiger partial charge is 0.142 e. The number of aliphatic imine (C=N–C) groups is 1. The van der Waals surface area contributed by atoms with Gasteiger partial charge in [0.05, 0.1) is 11.9 Å². The molecule has 1 saturated heterocycles. The first kappa shape index (κ1) is 12.0. The number of likely N-dealkylation sites (tertiary alicyclic amines) is 1. The molecule has 0 bridgehead atoms. The van der Waals surface area contributed by atoms with Crippen molar-refractivity contribution in [2.75, 3.05) is 20.1 Å². The first-order valence-electron chi connectivity index (χ1n) is 6.13. The van der Waals surface area contributed by atoms with E-state index >= 15 is 0 Å². The number of pyridine rings is 1. The van der Waals surface area contributed by atoms with Crippen molar-refractivity contribution in [3.05, 3.63) is 23.5 Å². The van der Waals surface area contributed by atoms with Crippen molar-refractivity contribution in [3.63, 3.8) is 0 Å². The van der Waals surface area contributed by atoms with Gasteiger partial charge >= 0.3 is 0 Å². The van der Waals surface area contributed by atoms with Gasteiger partial charge < -0.3 is 5.11 Å². The quantitative estimate of drug-likeness (QED) is 0.810. The maximum absolute atomic E-state index is 9.60. The van der Waals surface area contributed by atoms with Crippen molar-refractivity contribution >= 4 is 6.21 Å². The van der Waals surface area contributed by atoms with E-state index in [0.29, 0.717) is 5.69 Å². The highest BCUT2D eigenvalue weighted by molar-refractivity contribution is 5.80. The number of nitrogens with zero attached hydrogens (tertiary/aromatic N) is 3. The van der Waals surface area contributed by atoms with Gasteiger partial charge in [-0.05, 0) is 38.1 Å². The van der Waals surface area contributed by atoms with Crippen LogP contribution < -0.4 is 0 Å². The second kappa shape index (κ2) is 5.77. The highest BCUT2D eigenvalue weighted by atomic mass is 16.3. The van der Waals surface area contributed by atoms with Gasteiger partial charge in [0.2, 0.25) is 0 Å². The van der Waals surface area contributed by atoms with Crippen molar-refractivity contribution in [2.45, 2.75) is 25.8 Å². The zero-order chi connectivity index (χ0) is 12.1. The number of hydrogen-bond donors (Lipinski definition) is 1. The third-order valence-electron chi connectivity index (χ3n) is 3.05. The maximum atomic E-state index is 9.60. The lowest BCUT2D eigenvalue weighted by Gasteiger charge is -2.26. The summed E-state index contributed by atoms with van der Waals surface area (Å²) in [5.74, 6) is 0.193. The molecule has 1 aromatic heterocycles. The molecule has 0 saturated carbocycles. The van der Waals surface area contributed by atoms with Crippen LogP contribution in [0.4, 0.5) is 0 Å². The molecule has 0 radical (unpaired) electrons. The Morgan fingerprint density at radius 3 is 2.82 bits per heavy atom. The molecule has 1 aromatic rings. The molecular weight excluding hydrogens is 214 g/mol. The second-order valence-electron chi connectivity index (χ2n) is 4.43. The summed E-state index contributed by atoms with van der Waals surface area (Å²) in [4.78, 5) is 10.7. The average molecular weight is 233 g/mol. The number of aromatic nitrogens is 1. The highest BCUT2D eigenvalue weighted by Gasteiger charge is 2.11. The Labute approximate surface area is 102 Å². The van der Waals surface area contributed by atoms with Crippen molar-refractivity contribution in [2.24, 2.45) is 4.99 Å². The minimum atomic E-state index is 0.193. The van der Waals surface area contributed by atoms with Crippen LogP contribution >= 0.6 is 0 Å². The molecule has 4 heteroatoms. The van der Waals surface area contributed by atoms with E-state index in [1.54, 1.807) is 19.3 Å². The zero-order valence-electron chi connectivity index (χ0n) is 10.3. The van der Waals surface area contributed by atoms with E-state index in [1.165, 1.54) is 19.3 Å². The largest absolute Gasteiger partial charge is 0.506 e. The van der Waals surface area contributed by atoms with Gasteiger partial charge in [0, 0.05) is 13.6 Å². The molecule has 4 nitrogen and oxygen atoms in total. The van der Waals surface area contributed by atoms with Gasteiger partial charge in [0.15, 0.2) is 0 Å². The molecule has 1 fully saturated rings. The fourth-order valence-electron chi connectivity index (χ4n) is 2.16. The summed E-state index contributed by atoms with van der Waals surface area (Å²) in [6.45, 7) is 3.17. The van der Waals surface area contributed by atoms with Crippen molar-refractivity contribution in [1.82, 2.24) is 9.88 Å². The first-order valence-corrected chi connectivity index (χ1v) is 6.13. The van der Waals surface area contributed by atoms with E-state index in [1.807, 2.05) is 6.07 Å². The van der Waals surface area contributed by atoms with E-state index in [2.05, 4.69) is 14.9 Å². The van der Waals surface area contributed by atoms with Crippen LogP contribution in [0.1, 0.15) is 30.7 Å². The number of rotatable bonds is 3. The van der Waals surface area contributed by atoms with E-state index < -0.39 is 0 Å². The molecule has 0 atom stereocenters. The normalized spacial score (nSPS) is 17.7. The van der Waals surface area contributed by atoms with Gasteiger partial charge in [-0.15, -0.1) is 0 Å². The fourth-order valence-corrected chi connectivity index (χ4v) is 2.16. The summed E-state index contributed by atoms with van der Waals surface area (Å²) >= 11 is 0. The fraction of sp³-hybridized carbons (Fsp3) is 0.538. The molecule has 2 rings (SSSR count). The summed E-state index contributed by atoms with van der Waals surface area (Å²) in [6.07, 6.45) is 5.49. The monoisotopic (exact) mass is 233 g/mol. The summed E-state index contributed by atoms with van der Waals surface area (Å²) in [7, 11) is 1.68. The Bertz CT molecular complexity index is 398. The van der Waals surface area contributed by atoms with Gasteiger partial charge in [-0.25, -0.2) is 4.98 Å². The van der Waals surface area contributed by atoms with Crippen LogP contribution in [0.2, 0.25) is 0 Å². The average Bonchev–Trinajstić information content (AvgIpc) is 2.35. The lowest BCUT2D eigenvalue weighted by Crippen LogP contribution is -2.29. The predicted octanol–water partition coefficient (Wildman–Crippen LogP) is 1.82. The van der Waals surface area contributed by atoms with Crippen LogP contribution in [-0.4, -0.2) is 41.3 Å². The van der Waals surface area contributed by atoms with Gasteiger partial charge in [0.25, 0.3) is 0 Å². The molecule has 0 unspecified atom stereocenters. The molecule has 17 heavy (non-hydrogen) atoms. The molecule has 0 aliphatic carbocycles. The Hall–Kier alpha value is -1.42. The lowest BCUT2D eigenvalue weighted by atomic mass is 10.1. The van der Waals surface area contributed by atoms with Crippen LogP contribution in [0.15, 0.2) is 17.1 Å². The van der Waals surface area contributed by atoms with Crippen LogP contribution in [0.5, 0.6) is 5.75 Å². The molecule has 0 amide bonds. The topological polar surface area (TPSA) is 48.7 Å². The summed E-state index contributed by atoms with van der Waals surface area (Å²) in [6, 6.07) is 3.58. The summed E-state index contributed by atoms with van der Waals surface area (Å²) in [5, 5.41) is 9.60. The maximum Gasteiger partial charge on any atom is 0.142 e. The standard InChI is InChI=1S/C13H19N3O/c1-14-9-12-13(17)6-5-11(15-12)10-16-7-3-2-4-8-16/h5-6,9,17H,2-4,7-8,10H2,1H3/b14-9+. The molecule has 1 aliphatic heterocycles. The minimum absolute atomic E-state index is 0.193. The van der Waals surface area contributed by atoms with Gasteiger partial charge in [-0.2, -0.15) is 0 Å². The molecule has 1 N–H and O–H groups in total. The second-order valence-corrected chi connectivity index (χ2v) is 4.43. The number of hydrogen-bond acceptors (Lipinski definition) is 4. The number of piperidine rings is 1. The first-order chi connectivity index (χ1) is 8.29. The molecule has 92 valence electrons. The molecule has 0 aromatic carbocycles. The van der Waals surface area contributed by atoms with E-state index in [-0.39, 0.29) is 5.75 Å². The SMILES string of the molecule is C/N=C/c1nc(CN2CCCCC2)ccc1O. The Kier molecular flexibility index (Phi) is 4.09. The Morgan fingerprint density at radius 1 is 1.35 bits per heavy atom. The van der Waals surface area contributed by atoms with E-state index in [9.17, 15) is 5.11 Å². The van der Waals surface area contributed by atoms with Gasteiger partial charge in [-0.1, -0.05) is 6.42 Å². The Morgan fingerprint density at radius 2 is 2.12 bits per heavy atom. The van der Waals surface area contributed by atoms with Crippen molar-refractivity contribution < 1.29 is 5.11 Å². The lowest BCUT2D eigenvalue weighted by molar-refractivity contribution is 0.218. The van der Waals surface area contributed by atoms with Gasteiger partial charge in [0.1, 0.15) is 11.4 Å². The van der Waals surface area contributed by atoms with E-state index in [0.717, 1.165) is 25.3 Å².